The Labute approximate surface area is 148 Å². The summed E-state index contributed by atoms with van der Waals surface area (Å²) in [5.74, 6) is 1.01. The maximum atomic E-state index is 12.6. The van der Waals surface area contributed by atoms with E-state index >= 15 is 0 Å². The van der Waals surface area contributed by atoms with Gasteiger partial charge in [0.1, 0.15) is 5.76 Å². The predicted octanol–water partition coefficient (Wildman–Crippen LogP) is 0.855. The number of rotatable bonds is 5. The number of amides is 2. The Morgan fingerprint density at radius 1 is 1.24 bits per heavy atom. The van der Waals surface area contributed by atoms with Gasteiger partial charge >= 0.3 is 0 Å². The van der Waals surface area contributed by atoms with Gasteiger partial charge in [-0.15, -0.1) is 0 Å². The maximum absolute atomic E-state index is 12.6. The number of carbonyl (C=O) groups is 2. The van der Waals surface area contributed by atoms with E-state index in [1.165, 1.54) is 0 Å². The SMILES string of the molecule is CC(C(=O)N1CCOCC1)N1CCC(C(=O)NCc2ccco2)CC1. The van der Waals surface area contributed by atoms with Crippen LogP contribution in [0.4, 0.5) is 0 Å². The molecule has 0 radical (unpaired) electrons. The predicted molar refractivity (Wildman–Crippen MR) is 91.7 cm³/mol. The molecule has 3 rings (SSSR count). The number of likely N-dealkylation sites (tertiary alicyclic amines) is 1. The summed E-state index contributed by atoms with van der Waals surface area (Å²) in [4.78, 5) is 29.0. The van der Waals surface area contributed by atoms with E-state index in [0.29, 0.717) is 32.8 Å². The summed E-state index contributed by atoms with van der Waals surface area (Å²) in [5, 5.41) is 2.93. The number of carbonyl (C=O) groups excluding carboxylic acids is 2. The first-order valence-corrected chi connectivity index (χ1v) is 9.06. The summed E-state index contributed by atoms with van der Waals surface area (Å²) in [6, 6.07) is 3.53. The van der Waals surface area contributed by atoms with Crippen molar-refractivity contribution in [3.63, 3.8) is 0 Å². The zero-order valence-corrected chi connectivity index (χ0v) is 14.8. The minimum Gasteiger partial charge on any atom is -0.467 e. The lowest BCUT2D eigenvalue weighted by atomic mass is 9.94. The van der Waals surface area contributed by atoms with Crippen LogP contribution in [0, 0.1) is 5.92 Å². The van der Waals surface area contributed by atoms with Gasteiger partial charge in [-0.1, -0.05) is 0 Å². The molecule has 1 aromatic heterocycles. The molecule has 1 aromatic rings. The van der Waals surface area contributed by atoms with E-state index < -0.39 is 0 Å². The van der Waals surface area contributed by atoms with Crippen LogP contribution >= 0.6 is 0 Å². The number of hydrogen-bond donors (Lipinski definition) is 1. The molecule has 7 heteroatoms. The number of morpholine rings is 1. The average Bonchev–Trinajstić information content (AvgIpc) is 3.19. The molecule has 0 spiro atoms. The van der Waals surface area contributed by atoms with Crippen LogP contribution in [0.3, 0.4) is 0 Å². The van der Waals surface area contributed by atoms with Crippen molar-refractivity contribution in [2.45, 2.75) is 32.4 Å². The highest BCUT2D eigenvalue weighted by molar-refractivity contribution is 5.82. The van der Waals surface area contributed by atoms with E-state index in [4.69, 9.17) is 9.15 Å². The lowest BCUT2D eigenvalue weighted by Crippen LogP contribution is -2.53. The first kappa shape index (κ1) is 17.9. The fourth-order valence-corrected chi connectivity index (χ4v) is 3.48. The standard InChI is InChI=1S/C18H27N3O4/c1-14(18(23)21-8-11-24-12-9-21)20-6-4-15(5-7-20)17(22)19-13-16-3-2-10-25-16/h2-3,10,14-15H,4-9,11-13H2,1H3,(H,19,22). The number of piperidine rings is 1. The Hall–Kier alpha value is -1.86. The first-order chi connectivity index (χ1) is 12.1. The van der Waals surface area contributed by atoms with E-state index in [-0.39, 0.29) is 23.8 Å². The molecular formula is C18H27N3O4. The molecule has 1 N–H and O–H groups in total. The normalized spacial score (nSPS) is 21.1. The Balaban J connectivity index is 1.42. The zero-order valence-electron chi connectivity index (χ0n) is 14.8. The van der Waals surface area contributed by atoms with Crippen LogP contribution < -0.4 is 5.32 Å². The number of furan rings is 1. The van der Waals surface area contributed by atoms with Gasteiger partial charge in [0, 0.05) is 19.0 Å². The summed E-state index contributed by atoms with van der Waals surface area (Å²) in [6.45, 7) is 6.54. The molecule has 3 heterocycles. The van der Waals surface area contributed by atoms with Crippen LogP contribution in [0.1, 0.15) is 25.5 Å². The molecule has 2 aliphatic rings. The van der Waals surface area contributed by atoms with Crippen LogP contribution in [0.5, 0.6) is 0 Å². The molecule has 1 atom stereocenters. The van der Waals surface area contributed by atoms with Crippen LogP contribution in [0.25, 0.3) is 0 Å². The van der Waals surface area contributed by atoms with Crippen molar-refractivity contribution in [3.05, 3.63) is 24.2 Å². The third kappa shape index (κ3) is 4.61. The Morgan fingerprint density at radius 3 is 2.60 bits per heavy atom. The Bertz CT molecular complexity index is 561. The second-order valence-electron chi connectivity index (χ2n) is 6.72. The number of ether oxygens (including phenoxy) is 1. The Kier molecular flexibility index (Phi) is 6.09. The number of nitrogens with one attached hydrogen (secondary N) is 1. The van der Waals surface area contributed by atoms with E-state index in [2.05, 4.69) is 10.2 Å². The number of hydrogen-bond acceptors (Lipinski definition) is 5. The fourth-order valence-electron chi connectivity index (χ4n) is 3.48. The Morgan fingerprint density at radius 2 is 1.96 bits per heavy atom. The third-order valence-electron chi connectivity index (χ3n) is 5.15. The highest BCUT2D eigenvalue weighted by Crippen LogP contribution is 2.20. The van der Waals surface area contributed by atoms with Gasteiger partial charge < -0.3 is 19.4 Å². The monoisotopic (exact) mass is 349 g/mol. The van der Waals surface area contributed by atoms with Gasteiger partial charge in [0.25, 0.3) is 0 Å². The van der Waals surface area contributed by atoms with Gasteiger partial charge in [0.05, 0.1) is 32.1 Å². The molecule has 1 unspecified atom stereocenters. The van der Waals surface area contributed by atoms with Crippen molar-refractivity contribution in [2.75, 3.05) is 39.4 Å². The maximum Gasteiger partial charge on any atom is 0.239 e. The molecule has 25 heavy (non-hydrogen) atoms. The van der Waals surface area contributed by atoms with Crippen LogP contribution in [-0.4, -0.2) is 67.0 Å². The van der Waals surface area contributed by atoms with Gasteiger partial charge in [-0.25, -0.2) is 0 Å². The summed E-state index contributed by atoms with van der Waals surface area (Å²) >= 11 is 0. The van der Waals surface area contributed by atoms with E-state index in [9.17, 15) is 9.59 Å². The van der Waals surface area contributed by atoms with Crippen molar-refractivity contribution in [1.29, 1.82) is 0 Å². The quantitative estimate of drug-likeness (QED) is 0.853. The molecule has 0 aromatic carbocycles. The topological polar surface area (TPSA) is 75.0 Å². The second-order valence-corrected chi connectivity index (χ2v) is 6.72. The van der Waals surface area contributed by atoms with E-state index in [0.717, 1.165) is 31.7 Å². The van der Waals surface area contributed by atoms with Gasteiger partial charge in [-0.3, -0.25) is 14.5 Å². The van der Waals surface area contributed by atoms with Gasteiger partial charge in [-0.2, -0.15) is 0 Å². The molecule has 7 nitrogen and oxygen atoms in total. The largest absolute Gasteiger partial charge is 0.467 e. The fraction of sp³-hybridized carbons (Fsp3) is 0.667. The average molecular weight is 349 g/mol. The molecule has 2 amide bonds. The van der Waals surface area contributed by atoms with Crippen LogP contribution in [0.2, 0.25) is 0 Å². The van der Waals surface area contributed by atoms with Gasteiger partial charge in [0.2, 0.25) is 11.8 Å². The molecule has 2 saturated heterocycles. The van der Waals surface area contributed by atoms with Crippen molar-refractivity contribution in [3.8, 4) is 0 Å². The lowest BCUT2D eigenvalue weighted by Gasteiger charge is -2.37. The van der Waals surface area contributed by atoms with Gasteiger partial charge in [-0.05, 0) is 45.0 Å². The van der Waals surface area contributed by atoms with Crippen molar-refractivity contribution in [2.24, 2.45) is 5.92 Å². The van der Waals surface area contributed by atoms with E-state index in [1.54, 1.807) is 6.26 Å². The highest BCUT2D eigenvalue weighted by Gasteiger charge is 2.32. The molecule has 2 aliphatic heterocycles. The van der Waals surface area contributed by atoms with Crippen molar-refractivity contribution < 1.29 is 18.7 Å². The lowest BCUT2D eigenvalue weighted by molar-refractivity contribution is -0.141. The molecule has 0 aliphatic carbocycles. The summed E-state index contributed by atoms with van der Waals surface area (Å²) in [7, 11) is 0. The first-order valence-electron chi connectivity index (χ1n) is 9.06. The third-order valence-corrected chi connectivity index (χ3v) is 5.15. The smallest absolute Gasteiger partial charge is 0.239 e. The number of nitrogens with zero attached hydrogens (tertiary/aromatic N) is 2. The van der Waals surface area contributed by atoms with Crippen molar-refractivity contribution in [1.82, 2.24) is 15.1 Å². The van der Waals surface area contributed by atoms with Gasteiger partial charge in [0.15, 0.2) is 0 Å². The second kappa shape index (κ2) is 8.49. The zero-order chi connectivity index (χ0) is 17.6. The minimum atomic E-state index is -0.134. The summed E-state index contributed by atoms with van der Waals surface area (Å²) in [6.07, 6.45) is 3.17. The summed E-state index contributed by atoms with van der Waals surface area (Å²) in [5.41, 5.74) is 0. The molecule has 0 saturated carbocycles. The molecule has 0 bridgehead atoms. The van der Waals surface area contributed by atoms with Crippen LogP contribution in [0.15, 0.2) is 22.8 Å². The molecule has 2 fully saturated rings. The van der Waals surface area contributed by atoms with E-state index in [1.807, 2.05) is 24.0 Å². The molecular weight excluding hydrogens is 322 g/mol. The van der Waals surface area contributed by atoms with Crippen LogP contribution in [-0.2, 0) is 20.9 Å². The molecule has 138 valence electrons. The van der Waals surface area contributed by atoms with Crippen molar-refractivity contribution >= 4 is 11.8 Å². The minimum absolute atomic E-state index is 0.0110. The summed E-state index contributed by atoms with van der Waals surface area (Å²) < 4.78 is 10.5. The highest BCUT2D eigenvalue weighted by atomic mass is 16.5.